The van der Waals surface area contributed by atoms with E-state index < -0.39 is 0 Å². The number of hydrogen-bond donors (Lipinski definition) is 1. The highest BCUT2D eigenvalue weighted by Gasteiger charge is 2.43. The van der Waals surface area contributed by atoms with Crippen molar-refractivity contribution in [1.29, 1.82) is 0 Å². The monoisotopic (exact) mass is 278 g/mol. The van der Waals surface area contributed by atoms with Crippen LogP contribution in [-0.4, -0.2) is 36.6 Å². The lowest BCUT2D eigenvalue weighted by Crippen LogP contribution is -2.49. The molecule has 2 heteroatoms. The van der Waals surface area contributed by atoms with Crippen LogP contribution in [0.3, 0.4) is 0 Å². The molecule has 3 aliphatic rings. The third-order valence-electron chi connectivity index (χ3n) is 6.55. The van der Waals surface area contributed by atoms with Gasteiger partial charge in [-0.25, -0.2) is 0 Å². The van der Waals surface area contributed by atoms with E-state index in [2.05, 4.69) is 31.0 Å². The van der Waals surface area contributed by atoms with Crippen LogP contribution in [0.4, 0.5) is 0 Å². The second kappa shape index (κ2) is 6.36. The first-order valence-electron chi connectivity index (χ1n) is 9.14. The van der Waals surface area contributed by atoms with Crippen LogP contribution in [0.15, 0.2) is 0 Å². The number of fused-ring (bicyclic) bond motifs is 2. The van der Waals surface area contributed by atoms with E-state index in [-0.39, 0.29) is 0 Å². The first-order valence-corrected chi connectivity index (χ1v) is 9.14. The molecular formula is C18H34N2. The number of nitrogens with zero attached hydrogens (tertiary/aromatic N) is 1. The molecule has 0 aromatic heterocycles. The Bertz CT molecular complexity index is 317. The molecule has 20 heavy (non-hydrogen) atoms. The van der Waals surface area contributed by atoms with Gasteiger partial charge in [0.2, 0.25) is 0 Å². The van der Waals surface area contributed by atoms with Crippen molar-refractivity contribution in [2.75, 3.05) is 19.6 Å². The SMILES string of the molecule is CCC1CCN(C(C)C2CC3CCC2C3)CC(C)CN1. The molecule has 0 radical (unpaired) electrons. The zero-order valence-corrected chi connectivity index (χ0v) is 13.8. The Balaban J connectivity index is 1.61. The number of nitrogens with one attached hydrogen (secondary N) is 1. The summed E-state index contributed by atoms with van der Waals surface area (Å²) in [4.78, 5) is 2.85. The molecular weight excluding hydrogens is 244 g/mol. The van der Waals surface area contributed by atoms with Crippen molar-refractivity contribution < 1.29 is 0 Å². The van der Waals surface area contributed by atoms with E-state index in [9.17, 15) is 0 Å². The molecule has 0 aromatic rings. The van der Waals surface area contributed by atoms with Crippen molar-refractivity contribution in [3.8, 4) is 0 Å². The lowest BCUT2D eigenvalue weighted by Gasteiger charge is -2.40. The Morgan fingerprint density at radius 3 is 2.70 bits per heavy atom. The van der Waals surface area contributed by atoms with Crippen LogP contribution in [0.2, 0.25) is 0 Å². The summed E-state index contributed by atoms with van der Waals surface area (Å²) < 4.78 is 0. The first-order chi connectivity index (χ1) is 9.67. The van der Waals surface area contributed by atoms with Gasteiger partial charge >= 0.3 is 0 Å². The Morgan fingerprint density at radius 1 is 1.20 bits per heavy atom. The molecule has 1 aliphatic heterocycles. The molecule has 0 aromatic carbocycles. The molecule has 2 aliphatic carbocycles. The van der Waals surface area contributed by atoms with E-state index in [1.807, 2.05) is 0 Å². The molecule has 1 heterocycles. The van der Waals surface area contributed by atoms with Crippen molar-refractivity contribution in [3.05, 3.63) is 0 Å². The van der Waals surface area contributed by atoms with Gasteiger partial charge < -0.3 is 10.2 Å². The fourth-order valence-electron chi connectivity index (χ4n) is 5.22. The van der Waals surface area contributed by atoms with E-state index in [4.69, 9.17) is 0 Å². The Hall–Kier alpha value is -0.0800. The molecule has 2 bridgehead atoms. The van der Waals surface area contributed by atoms with Crippen molar-refractivity contribution in [2.24, 2.45) is 23.7 Å². The summed E-state index contributed by atoms with van der Waals surface area (Å²) >= 11 is 0. The van der Waals surface area contributed by atoms with Crippen LogP contribution in [0.25, 0.3) is 0 Å². The summed E-state index contributed by atoms with van der Waals surface area (Å²) in [6.45, 7) is 11.1. The van der Waals surface area contributed by atoms with Gasteiger partial charge in [-0.15, -0.1) is 0 Å². The largest absolute Gasteiger partial charge is 0.314 e. The van der Waals surface area contributed by atoms with Gasteiger partial charge in [0.25, 0.3) is 0 Å². The van der Waals surface area contributed by atoms with Crippen LogP contribution in [-0.2, 0) is 0 Å². The normalized spacial score (nSPS) is 44.2. The molecule has 2 saturated carbocycles. The summed E-state index contributed by atoms with van der Waals surface area (Å²) in [6, 6.07) is 1.57. The molecule has 1 saturated heterocycles. The van der Waals surface area contributed by atoms with Gasteiger partial charge in [-0.3, -0.25) is 0 Å². The molecule has 3 rings (SSSR count). The highest BCUT2D eigenvalue weighted by Crippen LogP contribution is 2.50. The van der Waals surface area contributed by atoms with Gasteiger partial charge in [-0.1, -0.05) is 20.3 Å². The maximum Gasteiger partial charge on any atom is 0.00980 e. The van der Waals surface area contributed by atoms with Crippen LogP contribution < -0.4 is 5.32 Å². The lowest BCUT2D eigenvalue weighted by molar-refractivity contribution is 0.0909. The van der Waals surface area contributed by atoms with E-state index >= 15 is 0 Å². The predicted molar refractivity (Wildman–Crippen MR) is 85.8 cm³/mol. The van der Waals surface area contributed by atoms with Crippen LogP contribution >= 0.6 is 0 Å². The lowest BCUT2D eigenvalue weighted by atomic mass is 9.83. The maximum absolute atomic E-state index is 3.75. The maximum atomic E-state index is 3.75. The quantitative estimate of drug-likeness (QED) is 0.850. The minimum atomic E-state index is 0.743. The summed E-state index contributed by atoms with van der Waals surface area (Å²) in [5, 5.41) is 3.75. The van der Waals surface area contributed by atoms with Crippen molar-refractivity contribution >= 4 is 0 Å². The molecule has 3 fully saturated rings. The Kier molecular flexibility index (Phi) is 4.72. The number of rotatable bonds is 3. The standard InChI is InChI=1S/C18H34N2/c1-4-17-7-8-20(12-13(2)11-19-17)14(3)18-10-15-5-6-16(18)9-15/h13-19H,4-12H2,1-3H3. The van der Waals surface area contributed by atoms with Gasteiger partial charge in [-0.05, 0) is 75.8 Å². The van der Waals surface area contributed by atoms with Crippen molar-refractivity contribution in [3.63, 3.8) is 0 Å². The molecule has 116 valence electrons. The molecule has 1 N–H and O–H groups in total. The van der Waals surface area contributed by atoms with Crippen LogP contribution in [0.5, 0.6) is 0 Å². The van der Waals surface area contributed by atoms with E-state index in [0.29, 0.717) is 0 Å². The second-order valence-corrected chi connectivity index (χ2v) is 7.98. The molecule has 0 spiro atoms. The summed E-state index contributed by atoms with van der Waals surface area (Å²) in [5.41, 5.74) is 0. The highest BCUT2D eigenvalue weighted by atomic mass is 15.2. The minimum Gasteiger partial charge on any atom is -0.314 e. The fraction of sp³-hybridized carbons (Fsp3) is 1.00. The molecule has 2 nitrogen and oxygen atoms in total. The third-order valence-corrected chi connectivity index (χ3v) is 6.55. The van der Waals surface area contributed by atoms with E-state index in [1.165, 1.54) is 51.7 Å². The van der Waals surface area contributed by atoms with Crippen molar-refractivity contribution in [2.45, 2.75) is 71.4 Å². The van der Waals surface area contributed by atoms with E-state index in [1.54, 1.807) is 6.42 Å². The topological polar surface area (TPSA) is 15.3 Å². The summed E-state index contributed by atoms with van der Waals surface area (Å²) in [7, 11) is 0. The summed E-state index contributed by atoms with van der Waals surface area (Å²) in [6.07, 6.45) is 8.77. The predicted octanol–water partition coefficient (Wildman–Crippen LogP) is 3.52. The highest BCUT2D eigenvalue weighted by molar-refractivity contribution is 4.95. The smallest absolute Gasteiger partial charge is 0.00980 e. The van der Waals surface area contributed by atoms with Gasteiger partial charge in [0.05, 0.1) is 0 Å². The van der Waals surface area contributed by atoms with Gasteiger partial charge in [-0.2, -0.15) is 0 Å². The fourth-order valence-corrected chi connectivity index (χ4v) is 5.22. The third kappa shape index (κ3) is 3.06. The first kappa shape index (κ1) is 14.8. The van der Waals surface area contributed by atoms with Crippen LogP contribution in [0.1, 0.15) is 59.3 Å². The average Bonchev–Trinajstić information content (AvgIpc) is 3.05. The number of hydrogen-bond acceptors (Lipinski definition) is 2. The zero-order chi connectivity index (χ0) is 14.1. The molecule has 6 unspecified atom stereocenters. The molecule has 6 atom stereocenters. The minimum absolute atomic E-state index is 0.743. The Morgan fingerprint density at radius 2 is 2.05 bits per heavy atom. The van der Waals surface area contributed by atoms with Crippen molar-refractivity contribution in [1.82, 2.24) is 10.2 Å². The van der Waals surface area contributed by atoms with Crippen LogP contribution in [0, 0.1) is 23.7 Å². The zero-order valence-electron chi connectivity index (χ0n) is 13.8. The second-order valence-electron chi connectivity index (χ2n) is 7.98. The van der Waals surface area contributed by atoms with Gasteiger partial charge in [0.15, 0.2) is 0 Å². The Labute approximate surface area is 125 Å². The molecule has 0 amide bonds. The van der Waals surface area contributed by atoms with Gasteiger partial charge in [0, 0.05) is 18.6 Å². The van der Waals surface area contributed by atoms with E-state index in [0.717, 1.165) is 35.8 Å². The average molecular weight is 278 g/mol. The summed E-state index contributed by atoms with van der Waals surface area (Å²) in [5.74, 6) is 3.96. The van der Waals surface area contributed by atoms with Gasteiger partial charge in [0.1, 0.15) is 0 Å².